The molecule has 0 radical (unpaired) electrons. The van der Waals surface area contributed by atoms with E-state index in [0.29, 0.717) is 21.8 Å². The highest BCUT2D eigenvalue weighted by molar-refractivity contribution is 6.34. The Hall–Kier alpha value is -3.31. The van der Waals surface area contributed by atoms with Crippen molar-refractivity contribution in [2.75, 3.05) is 17.7 Å². The summed E-state index contributed by atoms with van der Waals surface area (Å²) in [7, 11) is 1.75. The fourth-order valence-electron chi connectivity index (χ4n) is 3.28. The second-order valence-corrected chi connectivity index (χ2v) is 6.98. The second kappa shape index (κ2) is 7.37. The lowest BCUT2D eigenvalue weighted by atomic mass is 10.0. The van der Waals surface area contributed by atoms with Crippen LogP contribution >= 0.6 is 11.6 Å². The monoisotopic (exact) mass is 391 g/mol. The molecule has 0 spiro atoms. The van der Waals surface area contributed by atoms with Crippen molar-refractivity contribution in [3.05, 3.63) is 94.5 Å². The molecule has 4 rings (SSSR count). The van der Waals surface area contributed by atoms with Gasteiger partial charge in [-0.1, -0.05) is 48.0 Å². The van der Waals surface area contributed by atoms with Crippen LogP contribution in [0.4, 0.5) is 11.4 Å². The average molecular weight is 392 g/mol. The number of amides is 2. The van der Waals surface area contributed by atoms with Crippen LogP contribution in [0.1, 0.15) is 32.4 Å². The molecule has 0 bridgehead atoms. The molecule has 0 fully saturated rings. The molecular formula is C22H18ClN3O2. The fraction of sp³-hybridized carbons (Fsp3) is 0.0909. The number of anilines is 2. The molecule has 28 heavy (non-hydrogen) atoms. The van der Waals surface area contributed by atoms with Gasteiger partial charge in [-0.15, -0.1) is 0 Å². The van der Waals surface area contributed by atoms with Gasteiger partial charge in [0.15, 0.2) is 0 Å². The normalized spacial score (nSPS) is 15.6. The smallest absolute Gasteiger partial charge is 0.257 e. The zero-order valence-electron chi connectivity index (χ0n) is 15.1. The van der Waals surface area contributed by atoms with E-state index in [2.05, 4.69) is 10.6 Å². The van der Waals surface area contributed by atoms with Gasteiger partial charge in [0.1, 0.15) is 6.17 Å². The van der Waals surface area contributed by atoms with Crippen molar-refractivity contribution in [3.8, 4) is 0 Å². The van der Waals surface area contributed by atoms with Crippen LogP contribution < -0.4 is 10.6 Å². The van der Waals surface area contributed by atoms with E-state index < -0.39 is 0 Å². The first-order valence-corrected chi connectivity index (χ1v) is 9.21. The Kier molecular flexibility index (Phi) is 4.75. The lowest BCUT2D eigenvalue weighted by molar-refractivity contribution is 0.0735. The molecule has 5 nitrogen and oxygen atoms in total. The molecule has 3 aromatic rings. The van der Waals surface area contributed by atoms with Crippen molar-refractivity contribution in [1.29, 1.82) is 0 Å². The summed E-state index contributed by atoms with van der Waals surface area (Å²) >= 11 is 6.11. The number of fused-ring (bicyclic) bond motifs is 1. The van der Waals surface area contributed by atoms with Crippen molar-refractivity contribution in [2.24, 2.45) is 0 Å². The SMILES string of the molecule is CN1C(=O)c2ccccc2NC1c1cccc(NC(=O)c2ccccc2Cl)c1. The van der Waals surface area contributed by atoms with Crippen LogP contribution in [-0.4, -0.2) is 23.8 Å². The summed E-state index contributed by atoms with van der Waals surface area (Å²) in [5.74, 6) is -0.334. The number of hydrogen-bond donors (Lipinski definition) is 2. The van der Waals surface area contributed by atoms with Gasteiger partial charge in [-0.3, -0.25) is 9.59 Å². The van der Waals surface area contributed by atoms with Crippen molar-refractivity contribution in [2.45, 2.75) is 6.17 Å². The van der Waals surface area contributed by atoms with Crippen LogP contribution in [-0.2, 0) is 0 Å². The predicted octanol–water partition coefficient (Wildman–Crippen LogP) is 4.79. The summed E-state index contributed by atoms with van der Waals surface area (Å²) in [6.07, 6.45) is -0.334. The first kappa shape index (κ1) is 18.1. The fourth-order valence-corrected chi connectivity index (χ4v) is 3.51. The van der Waals surface area contributed by atoms with Gasteiger partial charge in [-0.25, -0.2) is 0 Å². The number of carbonyl (C=O) groups is 2. The molecule has 0 aliphatic carbocycles. The van der Waals surface area contributed by atoms with E-state index in [-0.39, 0.29) is 18.0 Å². The van der Waals surface area contributed by atoms with E-state index in [9.17, 15) is 9.59 Å². The minimum Gasteiger partial charge on any atom is -0.361 e. The molecule has 0 saturated heterocycles. The van der Waals surface area contributed by atoms with Crippen LogP contribution in [0.5, 0.6) is 0 Å². The van der Waals surface area contributed by atoms with Crippen molar-refractivity contribution in [3.63, 3.8) is 0 Å². The molecule has 3 aromatic carbocycles. The highest BCUT2D eigenvalue weighted by Crippen LogP contribution is 2.32. The first-order chi connectivity index (χ1) is 13.5. The molecule has 1 aliphatic heterocycles. The van der Waals surface area contributed by atoms with Crippen LogP contribution in [0.2, 0.25) is 5.02 Å². The van der Waals surface area contributed by atoms with Crippen molar-refractivity contribution >= 4 is 34.8 Å². The standard InChI is InChI=1S/C22H18ClN3O2/c1-26-20(25-19-12-5-3-10-17(19)22(26)28)14-7-6-8-15(13-14)24-21(27)16-9-2-4-11-18(16)23/h2-13,20,25H,1H3,(H,24,27). The third kappa shape index (κ3) is 3.32. The summed E-state index contributed by atoms with van der Waals surface area (Å²) < 4.78 is 0. The Balaban J connectivity index is 1.60. The third-order valence-electron chi connectivity index (χ3n) is 4.74. The maximum Gasteiger partial charge on any atom is 0.257 e. The number of nitrogens with zero attached hydrogens (tertiary/aromatic N) is 1. The number of carbonyl (C=O) groups excluding carboxylic acids is 2. The molecule has 1 unspecified atom stereocenters. The Morgan fingerprint density at radius 3 is 2.61 bits per heavy atom. The van der Waals surface area contributed by atoms with E-state index in [1.54, 1.807) is 48.3 Å². The highest BCUT2D eigenvalue weighted by Gasteiger charge is 2.30. The van der Waals surface area contributed by atoms with Crippen LogP contribution in [0, 0.1) is 0 Å². The van der Waals surface area contributed by atoms with E-state index >= 15 is 0 Å². The van der Waals surface area contributed by atoms with Gasteiger partial charge in [0.2, 0.25) is 0 Å². The summed E-state index contributed by atoms with van der Waals surface area (Å²) in [4.78, 5) is 26.9. The molecular weight excluding hydrogens is 374 g/mol. The van der Waals surface area contributed by atoms with Crippen LogP contribution in [0.25, 0.3) is 0 Å². The Bertz CT molecular complexity index is 1070. The Morgan fingerprint density at radius 2 is 1.79 bits per heavy atom. The zero-order valence-corrected chi connectivity index (χ0v) is 15.9. The lowest BCUT2D eigenvalue weighted by Crippen LogP contribution is -2.40. The predicted molar refractivity (Wildman–Crippen MR) is 111 cm³/mol. The molecule has 1 heterocycles. The van der Waals surface area contributed by atoms with Gasteiger partial charge in [0.05, 0.1) is 16.1 Å². The Morgan fingerprint density at radius 1 is 1.04 bits per heavy atom. The number of halogens is 1. The molecule has 2 amide bonds. The minimum atomic E-state index is -0.334. The number of benzene rings is 3. The van der Waals surface area contributed by atoms with Crippen molar-refractivity contribution in [1.82, 2.24) is 4.90 Å². The van der Waals surface area contributed by atoms with Gasteiger partial charge in [-0.2, -0.15) is 0 Å². The molecule has 0 aromatic heterocycles. The van der Waals surface area contributed by atoms with E-state index in [1.165, 1.54) is 0 Å². The highest BCUT2D eigenvalue weighted by atomic mass is 35.5. The van der Waals surface area contributed by atoms with Crippen LogP contribution in [0.3, 0.4) is 0 Å². The van der Waals surface area contributed by atoms with E-state index in [4.69, 9.17) is 11.6 Å². The summed E-state index contributed by atoms with van der Waals surface area (Å²) in [5, 5.41) is 6.65. The Labute approximate surface area is 167 Å². The molecule has 140 valence electrons. The van der Waals surface area contributed by atoms with Gasteiger partial charge >= 0.3 is 0 Å². The van der Waals surface area contributed by atoms with Crippen molar-refractivity contribution < 1.29 is 9.59 Å². The van der Waals surface area contributed by atoms with Gasteiger partial charge in [0.25, 0.3) is 11.8 Å². The molecule has 0 saturated carbocycles. The number of hydrogen-bond acceptors (Lipinski definition) is 3. The van der Waals surface area contributed by atoms with Gasteiger partial charge in [-0.05, 0) is 42.0 Å². The maximum absolute atomic E-state index is 12.7. The molecule has 6 heteroatoms. The number of para-hydroxylation sites is 1. The maximum atomic E-state index is 12.7. The molecule has 2 N–H and O–H groups in total. The van der Waals surface area contributed by atoms with E-state index in [0.717, 1.165) is 11.3 Å². The third-order valence-corrected chi connectivity index (χ3v) is 5.07. The van der Waals surface area contributed by atoms with Gasteiger partial charge in [0, 0.05) is 18.4 Å². The minimum absolute atomic E-state index is 0.0511. The second-order valence-electron chi connectivity index (χ2n) is 6.57. The van der Waals surface area contributed by atoms with Crippen LogP contribution in [0.15, 0.2) is 72.8 Å². The first-order valence-electron chi connectivity index (χ1n) is 8.83. The zero-order chi connectivity index (χ0) is 19.7. The average Bonchev–Trinajstić information content (AvgIpc) is 2.71. The lowest BCUT2D eigenvalue weighted by Gasteiger charge is -2.35. The van der Waals surface area contributed by atoms with Gasteiger partial charge < -0.3 is 15.5 Å². The van der Waals surface area contributed by atoms with E-state index in [1.807, 2.05) is 36.4 Å². The topological polar surface area (TPSA) is 61.4 Å². The largest absolute Gasteiger partial charge is 0.361 e. The summed E-state index contributed by atoms with van der Waals surface area (Å²) in [5.41, 5.74) is 3.34. The number of nitrogens with one attached hydrogen (secondary N) is 2. The summed E-state index contributed by atoms with van der Waals surface area (Å²) in [6.45, 7) is 0. The quantitative estimate of drug-likeness (QED) is 0.674. The molecule has 1 atom stereocenters. The molecule has 1 aliphatic rings. The summed E-state index contributed by atoms with van der Waals surface area (Å²) in [6, 6.07) is 21.7. The number of rotatable bonds is 3.